The van der Waals surface area contributed by atoms with Crippen LogP contribution in [0, 0.1) is 0 Å². The maximum Gasteiger partial charge on any atom is 0.248 e. The molecule has 3 nitrogen and oxygen atoms in total. The molecule has 1 fully saturated rings. The molecule has 1 aliphatic rings. The maximum atomic E-state index is 11.1. The predicted molar refractivity (Wildman–Crippen MR) is 88.6 cm³/mol. The fourth-order valence-electron chi connectivity index (χ4n) is 2.99. The molecule has 2 aromatic carbocycles. The molecule has 0 aliphatic carbocycles. The lowest BCUT2D eigenvalue weighted by atomic mass is 10.0. The van der Waals surface area contributed by atoms with Crippen molar-refractivity contribution in [3.05, 3.63) is 71.3 Å². The quantitative estimate of drug-likeness (QED) is 0.832. The van der Waals surface area contributed by atoms with E-state index in [0.29, 0.717) is 17.6 Å². The van der Waals surface area contributed by atoms with E-state index in [4.69, 9.17) is 5.73 Å². The minimum atomic E-state index is -0.366. The number of hydrogen-bond donors (Lipinski definition) is 1. The summed E-state index contributed by atoms with van der Waals surface area (Å²) in [6.07, 6.45) is 2.15. The molecule has 2 N–H and O–H groups in total. The molecule has 1 heterocycles. The molecule has 2 aromatic rings. The van der Waals surface area contributed by atoms with Crippen molar-refractivity contribution < 1.29 is 4.79 Å². The van der Waals surface area contributed by atoms with Crippen LogP contribution < -0.4 is 5.73 Å². The molecule has 1 amide bonds. The van der Waals surface area contributed by atoms with Crippen LogP contribution in [0.1, 0.15) is 40.9 Å². The highest BCUT2D eigenvalue weighted by Crippen LogP contribution is 2.37. The lowest BCUT2D eigenvalue weighted by Gasteiger charge is -2.14. The van der Waals surface area contributed by atoms with E-state index >= 15 is 0 Å². The molecule has 3 heteroatoms. The highest BCUT2D eigenvalue weighted by Gasteiger charge is 2.38. The third kappa shape index (κ3) is 3.37. The van der Waals surface area contributed by atoms with Crippen LogP contribution in [-0.4, -0.2) is 23.4 Å². The zero-order valence-electron chi connectivity index (χ0n) is 12.9. The number of primary amides is 1. The summed E-state index contributed by atoms with van der Waals surface area (Å²) in [5.41, 5.74) is 8.51. The van der Waals surface area contributed by atoms with Gasteiger partial charge in [0.15, 0.2) is 0 Å². The molecule has 0 aromatic heterocycles. The van der Waals surface area contributed by atoms with Gasteiger partial charge >= 0.3 is 0 Å². The fraction of sp³-hybridized carbons (Fsp3) is 0.316. The van der Waals surface area contributed by atoms with Gasteiger partial charge in [-0.25, -0.2) is 0 Å². The van der Waals surface area contributed by atoms with Crippen molar-refractivity contribution in [2.45, 2.75) is 31.8 Å². The van der Waals surface area contributed by atoms with Gasteiger partial charge in [0, 0.05) is 24.2 Å². The van der Waals surface area contributed by atoms with Gasteiger partial charge in [0.2, 0.25) is 5.91 Å². The first-order chi connectivity index (χ1) is 10.6. The van der Waals surface area contributed by atoms with E-state index in [0.717, 1.165) is 19.4 Å². The van der Waals surface area contributed by atoms with Crippen LogP contribution in [0.25, 0.3) is 0 Å². The molecule has 0 spiro atoms. The van der Waals surface area contributed by atoms with Crippen LogP contribution in [0.5, 0.6) is 0 Å². The summed E-state index contributed by atoms with van der Waals surface area (Å²) in [7, 11) is 0. The normalized spacial score (nSPS) is 21.3. The Morgan fingerprint density at radius 3 is 2.50 bits per heavy atom. The summed E-state index contributed by atoms with van der Waals surface area (Å²) in [5, 5.41) is 0. The Morgan fingerprint density at radius 1 is 1.18 bits per heavy atom. The summed E-state index contributed by atoms with van der Waals surface area (Å²) in [4.78, 5) is 13.6. The number of aryl methyl sites for hydroxylation is 1. The first kappa shape index (κ1) is 14.8. The van der Waals surface area contributed by atoms with Crippen molar-refractivity contribution in [3.8, 4) is 0 Å². The molecule has 0 bridgehead atoms. The Kier molecular flexibility index (Phi) is 4.25. The minimum absolute atomic E-state index is 0.366. The summed E-state index contributed by atoms with van der Waals surface area (Å²) >= 11 is 0. The summed E-state index contributed by atoms with van der Waals surface area (Å²) in [6.45, 7) is 3.45. The van der Waals surface area contributed by atoms with Gasteiger partial charge in [-0.1, -0.05) is 42.5 Å². The van der Waals surface area contributed by atoms with Crippen LogP contribution in [0.2, 0.25) is 0 Å². The van der Waals surface area contributed by atoms with Crippen LogP contribution in [0.3, 0.4) is 0 Å². The zero-order chi connectivity index (χ0) is 15.5. The van der Waals surface area contributed by atoms with Crippen molar-refractivity contribution in [2.24, 2.45) is 5.73 Å². The van der Waals surface area contributed by atoms with Gasteiger partial charge in [-0.05, 0) is 43.0 Å². The van der Waals surface area contributed by atoms with Crippen molar-refractivity contribution in [1.29, 1.82) is 0 Å². The highest BCUT2D eigenvalue weighted by molar-refractivity contribution is 5.92. The smallest absolute Gasteiger partial charge is 0.248 e. The Labute approximate surface area is 131 Å². The SMILES string of the molecule is C[C@H](CCc1ccc(C(N)=O)cc1)N1C[C@H]1c1ccccc1. The fourth-order valence-corrected chi connectivity index (χ4v) is 2.99. The van der Waals surface area contributed by atoms with Gasteiger partial charge < -0.3 is 5.73 Å². The van der Waals surface area contributed by atoms with Gasteiger partial charge in [-0.2, -0.15) is 0 Å². The van der Waals surface area contributed by atoms with Gasteiger partial charge in [-0.15, -0.1) is 0 Å². The Balaban J connectivity index is 1.51. The molecule has 1 saturated heterocycles. The lowest BCUT2D eigenvalue weighted by Crippen LogP contribution is -2.16. The summed E-state index contributed by atoms with van der Waals surface area (Å²) < 4.78 is 0. The van der Waals surface area contributed by atoms with E-state index in [1.807, 2.05) is 24.3 Å². The van der Waals surface area contributed by atoms with Crippen molar-refractivity contribution in [3.63, 3.8) is 0 Å². The molecule has 0 saturated carbocycles. The second-order valence-electron chi connectivity index (χ2n) is 6.07. The first-order valence-corrected chi connectivity index (χ1v) is 7.84. The van der Waals surface area contributed by atoms with Crippen LogP contribution >= 0.6 is 0 Å². The van der Waals surface area contributed by atoms with Crippen molar-refractivity contribution in [2.75, 3.05) is 6.54 Å². The van der Waals surface area contributed by atoms with E-state index in [2.05, 4.69) is 42.2 Å². The maximum absolute atomic E-state index is 11.1. The molecular weight excluding hydrogens is 272 g/mol. The van der Waals surface area contributed by atoms with E-state index in [1.165, 1.54) is 11.1 Å². The Morgan fingerprint density at radius 2 is 1.86 bits per heavy atom. The average molecular weight is 294 g/mol. The van der Waals surface area contributed by atoms with E-state index in [-0.39, 0.29) is 5.91 Å². The van der Waals surface area contributed by atoms with Gasteiger partial charge in [-0.3, -0.25) is 9.69 Å². The van der Waals surface area contributed by atoms with E-state index in [1.54, 1.807) is 0 Å². The number of amides is 1. The average Bonchev–Trinajstić information content (AvgIpc) is 3.34. The number of benzene rings is 2. The summed E-state index contributed by atoms with van der Waals surface area (Å²) in [5.74, 6) is -0.366. The molecular formula is C19H22N2O. The largest absolute Gasteiger partial charge is 0.366 e. The van der Waals surface area contributed by atoms with Gasteiger partial charge in [0.05, 0.1) is 0 Å². The molecule has 114 valence electrons. The number of nitrogens with zero attached hydrogens (tertiary/aromatic N) is 1. The second-order valence-corrected chi connectivity index (χ2v) is 6.07. The third-order valence-corrected chi connectivity index (χ3v) is 4.49. The Hall–Kier alpha value is -2.13. The number of nitrogens with two attached hydrogens (primary N) is 1. The number of rotatable bonds is 6. The minimum Gasteiger partial charge on any atom is -0.366 e. The van der Waals surface area contributed by atoms with Crippen molar-refractivity contribution in [1.82, 2.24) is 4.90 Å². The van der Waals surface area contributed by atoms with Crippen LogP contribution in [0.4, 0.5) is 0 Å². The highest BCUT2D eigenvalue weighted by atomic mass is 16.1. The Bertz CT molecular complexity index is 636. The standard InChI is InChI=1S/C19H22N2O/c1-14(21-13-18(21)16-5-3-2-4-6-16)7-8-15-9-11-17(12-10-15)19(20)22/h2-6,9-12,14,18H,7-8,13H2,1H3,(H2,20,22)/t14-,18+,21?/m1/s1. The number of carbonyl (C=O) groups excluding carboxylic acids is 1. The topological polar surface area (TPSA) is 46.1 Å². The van der Waals surface area contributed by atoms with Crippen LogP contribution in [-0.2, 0) is 6.42 Å². The number of carbonyl (C=O) groups is 1. The predicted octanol–water partition coefficient (Wildman–Crippen LogP) is 3.16. The monoisotopic (exact) mass is 294 g/mol. The molecule has 3 rings (SSSR count). The van der Waals surface area contributed by atoms with Gasteiger partial charge in [0.25, 0.3) is 0 Å². The third-order valence-electron chi connectivity index (χ3n) is 4.49. The molecule has 3 atom stereocenters. The first-order valence-electron chi connectivity index (χ1n) is 7.84. The zero-order valence-corrected chi connectivity index (χ0v) is 12.9. The second kappa shape index (κ2) is 6.32. The molecule has 0 radical (unpaired) electrons. The molecule has 22 heavy (non-hydrogen) atoms. The van der Waals surface area contributed by atoms with Gasteiger partial charge in [0.1, 0.15) is 0 Å². The van der Waals surface area contributed by atoms with Crippen LogP contribution in [0.15, 0.2) is 54.6 Å². The van der Waals surface area contributed by atoms with E-state index < -0.39 is 0 Å². The molecule has 1 aliphatic heterocycles. The molecule has 1 unspecified atom stereocenters. The summed E-state index contributed by atoms with van der Waals surface area (Å²) in [6, 6.07) is 19.5. The van der Waals surface area contributed by atoms with Crippen molar-refractivity contribution >= 4 is 5.91 Å². The number of hydrogen-bond acceptors (Lipinski definition) is 2. The van der Waals surface area contributed by atoms with E-state index in [9.17, 15) is 4.79 Å². The lowest BCUT2D eigenvalue weighted by molar-refractivity contribution is 0.100.